The number of fused-ring (bicyclic) bond motifs is 3. The van der Waals surface area contributed by atoms with E-state index < -0.39 is 0 Å². The minimum atomic E-state index is -0.206. The molecule has 29 heavy (non-hydrogen) atoms. The summed E-state index contributed by atoms with van der Waals surface area (Å²) in [6, 6.07) is 6.19. The van der Waals surface area contributed by atoms with E-state index >= 15 is 0 Å². The van der Waals surface area contributed by atoms with Gasteiger partial charge in [0.15, 0.2) is 0 Å². The average Bonchev–Trinajstić information content (AvgIpc) is 2.74. The highest BCUT2D eigenvalue weighted by molar-refractivity contribution is 6.06. The molecule has 1 saturated heterocycles. The SMILES string of the molecule is CN1CCN(c2ccc3c(c2)c(=O)[nH]c2ncnc(C4CCC(O)CC4)c23)CC1. The summed E-state index contributed by atoms with van der Waals surface area (Å²) in [6.07, 6.45) is 4.75. The Labute approximate surface area is 169 Å². The molecule has 5 rings (SSSR count). The number of benzene rings is 1. The molecule has 2 aromatic heterocycles. The van der Waals surface area contributed by atoms with Crippen molar-refractivity contribution in [1.82, 2.24) is 19.9 Å². The van der Waals surface area contributed by atoms with E-state index in [2.05, 4.69) is 43.9 Å². The molecule has 1 aliphatic heterocycles. The van der Waals surface area contributed by atoms with Crippen molar-refractivity contribution in [2.24, 2.45) is 0 Å². The van der Waals surface area contributed by atoms with Crippen LogP contribution in [0.3, 0.4) is 0 Å². The Balaban J connectivity index is 1.62. The Morgan fingerprint density at radius 1 is 1.03 bits per heavy atom. The molecule has 0 amide bonds. The zero-order valence-corrected chi connectivity index (χ0v) is 16.8. The molecular weight excluding hydrogens is 366 g/mol. The third-order valence-corrected chi connectivity index (χ3v) is 6.58. The smallest absolute Gasteiger partial charge is 0.257 e. The molecule has 7 heteroatoms. The van der Waals surface area contributed by atoms with Crippen LogP contribution in [0.1, 0.15) is 37.3 Å². The summed E-state index contributed by atoms with van der Waals surface area (Å²) in [5.41, 5.74) is 2.59. The Hall–Kier alpha value is -2.51. The number of anilines is 1. The summed E-state index contributed by atoms with van der Waals surface area (Å²) in [5, 5.41) is 12.4. The number of aromatic nitrogens is 3. The summed E-state index contributed by atoms with van der Waals surface area (Å²) < 4.78 is 0. The molecule has 3 aromatic rings. The van der Waals surface area contributed by atoms with E-state index in [1.807, 2.05) is 6.07 Å². The van der Waals surface area contributed by atoms with Crippen LogP contribution < -0.4 is 10.5 Å². The van der Waals surface area contributed by atoms with Crippen molar-refractivity contribution < 1.29 is 5.11 Å². The van der Waals surface area contributed by atoms with E-state index in [-0.39, 0.29) is 17.6 Å². The first-order valence-corrected chi connectivity index (χ1v) is 10.5. The number of hydrogen-bond acceptors (Lipinski definition) is 6. The van der Waals surface area contributed by atoms with Gasteiger partial charge < -0.3 is 19.9 Å². The Kier molecular flexibility index (Phi) is 4.72. The lowest BCUT2D eigenvalue weighted by Gasteiger charge is -2.34. The first-order valence-electron chi connectivity index (χ1n) is 10.5. The zero-order valence-electron chi connectivity index (χ0n) is 16.8. The maximum absolute atomic E-state index is 12.8. The highest BCUT2D eigenvalue weighted by Crippen LogP contribution is 2.37. The number of rotatable bonds is 2. The van der Waals surface area contributed by atoms with Gasteiger partial charge in [-0.15, -0.1) is 0 Å². The lowest BCUT2D eigenvalue weighted by Crippen LogP contribution is -2.44. The molecule has 152 valence electrons. The summed E-state index contributed by atoms with van der Waals surface area (Å²) in [5.74, 6) is 0.287. The summed E-state index contributed by atoms with van der Waals surface area (Å²) >= 11 is 0. The third-order valence-electron chi connectivity index (χ3n) is 6.58. The number of H-pyrrole nitrogens is 1. The van der Waals surface area contributed by atoms with Gasteiger partial charge in [-0.25, -0.2) is 9.97 Å². The fourth-order valence-corrected chi connectivity index (χ4v) is 4.79. The molecule has 2 fully saturated rings. The number of aromatic amines is 1. The average molecular weight is 393 g/mol. The Morgan fingerprint density at radius 2 is 1.79 bits per heavy atom. The summed E-state index contributed by atoms with van der Waals surface area (Å²) in [6.45, 7) is 3.98. The van der Waals surface area contributed by atoms with Gasteiger partial charge in [0.05, 0.1) is 11.8 Å². The monoisotopic (exact) mass is 393 g/mol. The normalized spacial score (nSPS) is 23.7. The summed E-state index contributed by atoms with van der Waals surface area (Å²) in [4.78, 5) is 29.4. The highest BCUT2D eigenvalue weighted by Gasteiger charge is 2.25. The van der Waals surface area contributed by atoms with E-state index in [1.54, 1.807) is 6.33 Å². The van der Waals surface area contributed by atoms with Crippen LogP contribution in [0.5, 0.6) is 0 Å². The van der Waals surface area contributed by atoms with Gasteiger partial charge in [-0.05, 0) is 44.9 Å². The van der Waals surface area contributed by atoms with Crippen molar-refractivity contribution >= 4 is 27.5 Å². The van der Waals surface area contributed by atoms with Crippen molar-refractivity contribution in [2.45, 2.75) is 37.7 Å². The second kappa shape index (κ2) is 7.39. The molecule has 0 bridgehead atoms. The fraction of sp³-hybridized carbons (Fsp3) is 0.500. The van der Waals surface area contributed by atoms with E-state index in [0.717, 1.165) is 74.0 Å². The van der Waals surface area contributed by atoms with Crippen LogP contribution >= 0.6 is 0 Å². The Morgan fingerprint density at radius 3 is 2.55 bits per heavy atom. The number of piperazine rings is 1. The van der Waals surface area contributed by atoms with Crippen molar-refractivity contribution in [2.75, 3.05) is 38.1 Å². The second-order valence-corrected chi connectivity index (χ2v) is 8.46. The largest absolute Gasteiger partial charge is 0.393 e. The molecule has 0 radical (unpaired) electrons. The maximum Gasteiger partial charge on any atom is 0.257 e. The van der Waals surface area contributed by atoms with Crippen molar-refractivity contribution in [3.8, 4) is 0 Å². The number of likely N-dealkylation sites (N-methyl/N-ethyl adjacent to an activating group) is 1. The molecule has 0 atom stereocenters. The van der Waals surface area contributed by atoms with Crippen molar-refractivity contribution in [3.05, 3.63) is 40.6 Å². The molecule has 0 spiro atoms. The van der Waals surface area contributed by atoms with Crippen LogP contribution in [0.2, 0.25) is 0 Å². The van der Waals surface area contributed by atoms with E-state index in [9.17, 15) is 9.90 Å². The molecule has 0 unspecified atom stereocenters. The lowest BCUT2D eigenvalue weighted by atomic mass is 9.83. The van der Waals surface area contributed by atoms with Gasteiger partial charge in [-0.2, -0.15) is 0 Å². The second-order valence-electron chi connectivity index (χ2n) is 8.46. The number of nitrogens with zero attached hydrogens (tertiary/aromatic N) is 4. The van der Waals surface area contributed by atoms with Crippen LogP contribution in [0.4, 0.5) is 5.69 Å². The van der Waals surface area contributed by atoms with Gasteiger partial charge in [0.1, 0.15) is 12.0 Å². The minimum absolute atomic E-state index is 0.104. The molecule has 3 heterocycles. The van der Waals surface area contributed by atoms with E-state index in [1.165, 1.54) is 0 Å². The highest BCUT2D eigenvalue weighted by atomic mass is 16.3. The van der Waals surface area contributed by atoms with Gasteiger partial charge >= 0.3 is 0 Å². The quantitative estimate of drug-likeness (QED) is 0.650. The van der Waals surface area contributed by atoms with Gasteiger partial charge in [0, 0.05) is 53.9 Å². The molecule has 1 saturated carbocycles. The molecule has 1 aromatic carbocycles. The predicted molar refractivity (Wildman–Crippen MR) is 115 cm³/mol. The van der Waals surface area contributed by atoms with Crippen molar-refractivity contribution in [1.29, 1.82) is 0 Å². The summed E-state index contributed by atoms with van der Waals surface area (Å²) in [7, 11) is 2.14. The van der Waals surface area contributed by atoms with Gasteiger partial charge in [-0.3, -0.25) is 4.79 Å². The van der Waals surface area contributed by atoms with Crippen LogP contribution in [0.25, 0.3) is 21.8 Å². The number of aliphatic hydroxyl groups is 1. The van der Waals surface area contributed by atoms with E-state index in [0.29, 0.717) is 11.0 Å². The number of hydrogen-bond donors (Lipinski definition) is 2. The molecular formula is C22H27N5O2. The van der Waals surface area contributed by atoms with Crippen LogP contribution in [0, 0.1) is 0 Å². The predicted octanol–water partition coefficient (Wildman–Crippen LogP) is 2.24. The first kappa shape index (κ1) is 18.5. The van der Waals surface area contributed by atoms with E-state index in [4.69, 9.17) is 0 Å². The lowest BCUT2D eigenvalue weighted by molar-refractivity contribution is 0.122. The standard InChI is InChI=1S/C22H27N5O2/c1-26-8-10-27(11-9-26)15-4-7-17-18(12-15)22(29)25-21-19(17)20(23-13-24-21)14-2-5-16(28)6-3-14/h4,7,12-14,16,28H,2-3,5-6,8-11H2,1H3,(H,23,24,25,29). The Bertz CT molecular complexity index is 1100. The molecule has 2 aliphatic rings. The topological polar surface area (TPSA) is 85.4 Å². The van der Waals surface area contributed by atoms with Crippen LogP contribution in [0.15, 0.2) is 29.3 Å². The number of pyridine rings is 1. The first-order chi connectivity index (χ1) is 14.1. The van der Waals surface area contributed by atoms with Crippen LogP contribution in [-0.4, -0.2) is 64.3 Å². The van der Waals surface area contributed by atoms with Gasteiger partial charge in [0.2, 0.25) is 0 Å². The van der Waals surface area contributed by atoms with Gasteiger partial charge in [-0.1, -0.05) is 6.07 Å². The zero-order chi connectivity index (χ0) is 20.0. The van der Waals surface area contributed by atoms with Crippen molar-refractivity contribution in [3.63, 3.8) is 0 Å². The number of aliphatic hydroxyl groups excluding tert-OH is 1. The molecule has 7 nitrogen and oxygen atoms in total. The minimum Gasteiger partial charge on any atom is -0.393 e. The fourth-order valence-electron chi connectivity index (χ4n) is 4.79. The third kappa shape index (κ3) is 3.38. The molecule has 2 N–H and O–H groups in total. The molecule has 1 aliphatic carbocycles. The maximum atomic E-state index is 12.8. The number of nitrogens with one attached hydrogen (secondary N) is 1. The van der Waals surface area contributed by atoms with Gasteiger partial charge in [0.25, 0.3) is 5.56 Å². The van der Waals surface area contributed by atoms with Crippen LogP contribution in [-0.2, 0) is 0 Å².